The highest BCUT2D eigenvalue weighted by Gasteiger charge is 2.30. The third-order valence-corrected chi connectivity index (χ3v) is 6.30. The molecule has 1 heterocycles. The molecule has 1 aliphatic rings. The summed E-state index contributed by atoms with van der Waals surface area (Å²) in [6.07, 6.45) is 0. The van der Waals surface area contributed by atoms with Gasteiger partial charge in [0.1, 0.15) is 11.6 Å². The van der Waals surface area contributed by atoms with Crippen LogP contribution in [0, 0.1) is 5.82 Å². The van der Waals surface area contributed by atoms with E-state index >= 15 is 0 Å². The molecule has 0 aromatic heterocycles. The Kier molecular flexibility index (Phi) is 5.76. The molecular weight excluding hydrogens is 371 g/mol. The molecule has 0 atom stereocenters. The standard InChI is InChI=1S/C19H21FN2O4S/c1-2-26-17-7-9-18(10-8-17)27(24,25)22-13-11-21(12-14-22)19(23)15-3-5-16(20)6-4-15/h3-10H,2,11-14H2,1H3. The highest BCUT2D eigenvalue weighted by Crippen LogP contribution is 2.21. The number of amides is 1. The summed E-state index contributed by atoms with van der Waals surface area (Å²) in [5.74, 6) is -0.0166. The van der Waals surface area contributed by atoms with E-state index in [-0.39, 0.29) is 37.0 Å². The minimum atomic E-state index is -3.62. The van der Waals surface area contributed by atoms with Crippen molar-refractivity contribution in [3.05, 3.63) is 59.9 Å². The number of benzene rings is 2. The van der Waals surface area contributed by atoms with Crippen LogP contribution in [0.25, 0.3) is 0 Å². The third kappa shape index (κ3) is 4.28. The van der Waals surface area contributed by atoms with E-state index in [1.165, 1.54) is 40.7 Å². The van der Waals surface area contributed by atoms with Crippen LogP contribution in [0.1, 0.15) is 17.3 Å². The first kappa shape index (κ1) is 19.3. The number of hydrogen-bond acceptors (Lipinski definition) is 4. The number of ether oxygens (including phenoxy) is 1. The number of carbonyl (C=O) groups excluding carboxylic acids is 1. The summed E-state index contributed by atoms with van der Waals surface area (Å²) in [6, 6.07) is 11.6. The van der Waals surface area contributed by atoms with Gasteiger partial charge in [-0.05, 0) is 55.5 Å². The van der Waals surface area contributed by atoms with E-state index in [0.29, 0.717) is 17.9 Å². The van der Waals surface area contributed by atoms with Crippen LogP contribution in [0.5, 0.6) is 5.75 Å². The zero-order valence-corrected chi connectivity index (χ0v) is 15.8. The zero-order valence-electron chi connectivity index (χ0n) is 15.0. The predicted molar refractivity (Wildman–Crippen MR) is 98.7 cm³/mol. The van der Waals surface area contributed by atoms with Gasteiger partial charge in [0.25, 0.3) is 5.91 Å². The van der Waals surface area contributed by atoms with Crippen molar-refractivity contribution in [2.45, 2.75) is 11.8 Å². The molecule has 1 aliphatic heterocycles. The van der Waals surface area contributed by atoms with E-state index in [4.69, 9.17) is 4.74 Å². The van der Waals surface area contributed by atoms with Crippen molar-refractivity contribution in [2.24, 2.45) is 0 Å². The van der Waals surface area contributed by atoms with Gasteiger partial charge in [-0.25, -0.2) is 12.8 Å². The molecular formula is C19H21FN2O4S. The fraction of sp³-hybridized carbons (Fsp3) is 0.316. The number of halogens is 1. The quantitative estimate of drug-likeness (QED) is 0.784. The van der Waals surface area contributed by atoms with E-state index in [1.807, 2.05) is 6.92 Å². The Bertz CT molecular complexity index is 890. The zero-order chi connectivity index (χ0) is 19.4. The van der Waals surface area contributed by atoms with Crippen molar-refractivity contribution in [1.29, 1.82) is 0 Å². The van der Waals surface area contributed by atoms with Gasteiger partial charge < -0.3 is 9.64 Å². The molecule has 2 aromatic carbocycles. The summed E-state index contributed by atoms with van der Waals surface area (Å²) in [7, 11) is -3.62. The molecule has 6 nitrogen and oxygen atoms in total. The molecule has 3 rings (SSSR count). The van der Waals surface area contributed by atoms with E-state index in [2.05, 4.69) is 0 Å². The van der Waals surface area contributed by atoms with Crippen molar-refractivity contribution < 1.29 is 22.3 Å². The van der Waals surface area contributed by atoms with Crippen LogP contribution in [0.3, 0.4) is 0 Å². The summed E-state index contributed by atoms with van der Waals surface area (Å²) in [5.41, 5.74) is 0.388. The van der Waals surface area contributed by atoms with Crippen LogP contribution in [-0.4, -0.2) is 56.3 Å². The lowest BCUT2D eigenvalue weighted by atomic mass is 10.2. The Hall–Kier alpha value is -2.45. The van der Waals surface area contributed by atoms with Crippen LogP contribution in [0.4, 0.5) is 4.39 Å². The van der Waals surface area contributed by atoms with Crippen molar-refractivity contribution >= 4 is 15.9 Å². The fourth-order valence-electron chi connectivity index (χ4n) is 2.93. The fourth-order valence-corrected chi connectivity index (χ4v) is 4.35. The molecule has 0 N–H and O–H groups in total. The molecule has 0 aliphatic carbocycles. The third-order valence-electron chi connectivity index (χ3n) is 4.39. The van der Waals surface area contributed by atoms with Gasteiger partial charge in [-0.3, -0.25) is 4.79 Å². The van der Waals surface area contributed by atoms with Gasteiger partial charge >= 0.3 is 0 Å². The Morgan fingerprint density at radius 3 is 2.15 bits per heavy atom. The second-order valence-electron chi connectivity index (χ2n) is 6.11. The topological polar surface area (TPSA) is 66.9 Å². The molecule has 2 aromatic rings. The van der Waals surface area contributed by atoms with Crippen molar-refractivity contribution in [1.82, 2.24) is 9.21 Å². The summed E-state index contributed by atoms with van der Waals surface area (Å²) in [6.45, 7) is 3.36. The lowest BCUT2D eigenvalue weighted by Gasteiger charge is -2.34. The predicted octanol–water partition coefficient (Wildman–Crippen LogP) is 2.37. The van der Waals surface area contributed by atoms with Gasteiger partial charge in [0.2, 0.25) is 10.0 Å². The first-order valence-corrected chi connectivity index (χ1v) is 10.1. The van der Waals surface area contributed by atoms with Gasteiger partial charge in [0.05, 0.1) is 11.5 Å². The molecule has 0 bridgehead atoms. The number of hydrogen-bond donors (Lipinski definition) is 0. The summed E-state index contributed by atoms with van der Waals surface area (Å²) >= 11 is 0. The highest BCUT2D eigenvalue weighted by atomic mass is 32.2. The lowest BCUT2D eigenvalue weighted by Crippen LogP contribution is -2.50. The van der Waals surface area contributed by atoms with E-state index in [0.717, 1.165) is 0 Å². The average Bonchev–Trinajstić information content (AvgIpc) is 2.69. The van der Waals surface area contributed by atoms with Crippen molar-refractivity contribution in [3.8, 4) is 5.75 Å². The average molecular weight is 392 g/mol. The number of piperazine rings is 1. The molecule has 8 heteroatoms. The molecule has 27 heavy (non-hydrogen) atoms. The maximum absolute atomic E-state index is 13.0. The minimum absolute atomic E-state index is 0.198. The maximum Gasteiger partial charge on any atom is 0.253 e. The van der Waals surface area contributed by atoms with E-state index in [9.17, 15) is 17.6 Å². The normalized spacial score (nSPS) is 15.6. The van der Waals surface area contributed by atoms with E-state index < -0.39 is 15.8 Å². The molecule has 1 amide bonds. The van der Waals surface area contributed by atoms with E-state index in [1.54, 1.807) is 17.0 Å². The smallest absolute Gasteiger partial charge is 0.253 e. The first-order chi connectivity index (χ1) is 12.9. The Morgan fingerprint density at radius 2 is 1.59 bits per heavy atom. The molecule has 0 spiro atoms. The molecule has 0 radical (unpaired) electrons. The first-order valence-electron chi connectivity index (χ1n) is 8.69. The van der Waals surface area contributed by atoms with Crippen LogP contribution < -0.4 is 4.74 Å². The summed E-state index contributed by atoms with van der Waals surface area (Å²) < 4.78 is 45.3. The van der Waals surface area contributed by atoms with Gasteiger partial charge in [-0.1, -0.05) is 0 Å². The van der Waals surface area contributed by atoms with Gasteiger partial charge in [-0.15, -0.1) is 0 Å². The van der Waals surface area contributed by atoms with Crippen molar-refractivity contribution in [3.63, 3.8) is 0 Å². The van der Waals surface area contributed by atoms with Crippen LogP contribution in [0.2, 0.25) is 0 Å². The number of carbonyl (C=O) groups is 1. The Balaban J connectivity index is 1.65. The Labute approximate surface area is 158 Å². The molecule has 0 saturated carbocycles. The Morgan fingerprint density at radius 1 is 1.00 bits per heavy atom. The van der Waals surface area contributed by atoms with Crippen LogP contribution in [-0.2, 0) is 10.0 Å². The van der Waals surface area contributed by atoms with Gasteiger partial charge in [-0.2, -0.15) is 4.31 Å². The van der Waals surface area contributed by atoms with Crippen molar-refractivity contribution in [2.75, 3.05) is 32.8 Å². The monoisotopic (exact) mass is 392 g/mol. The van der Waals surface area contributed by atoms with Crippen LogP contribution >= 0.6 is 0 Å². The number of nitrogens with zero attached hydrogens (tertiary/aromatic N) is 2. The van der Waals surface area contributed by atoms with Gasteiger partial charge in [0, 0.05) is 31.7 Å². The minimum Gasteiger partial charge on any atom is -0.494 e. The second kappa shape index (κ2) is 8.06. The molecule has 1 saturated heterocycles. The van der Waals surface area contributed by atoms with Gasteiger partial charge in [0.15, 0.2) is 0 Å². The lowest BCUT2D eigenvalue weighted by molar-refractivity contribution is 0.0698. The maximum atomic E-state index is 13.0. The second-order valence-corrected chi connectivity index (χ2v) is 8.05. The SMILES string of the molecule is CCOc1ccc(S(=O)(=O)N2CCN(C(=O)c3ccc(F)cc3)CC2)cc1. The number of sulfonamides is 1. The molecule has 1 fully saturated rings. The number of rotatable bonds is 5. The highest BCUT2D eigenvalue weighted by molar-refractivity contribution is 7.89. The largest absolute Gasteiger partial charge is 0.494 e. The van der Waals surface area contributed by atoms with Crippen LogP contribution in [0.15, 0.2) is 53.4 Å². The summed E-state index contributed by atoms with van der Waals surface area (Å²) in [4.78, 5) is 14.2. The molecule has 0 unspecified atom stereocenters. The molecule has 144 valence electrons. The summed E-state index contributed by atoms with van der Waals surface area (Å²) in [5, 5.41) is 0.